The number of nitrogens with zero attached hydrogens (tertiary/aromatic N) is 3. The zero-order valence-corrected chi connectivity index (χ0v) is 17.5. The van der Waals surface area contributed by atoms with E-state index < -0.39 is 0 Å². The van der Waals surface area contributed by atoms with E-state index in [1.54, 1.807) is 0 Å². The molecule has 5 saturated carbocycles. The molecule has 0 aliphatic heterocycles. The molecule has 5 nitrogen and oxygen atoms in total. The minimum atomic E-state index is 0.0857. The molecule has 1 amide bonds. The normalized spacial score (nSPS) is 32.5. The summed E-state index contributed by atoms with van der Waals surface area (Å²) in [6, 6.07) is 10.2. The Morgan fingerprint density at radius 2 is 1.72 bits per heavy atom. The molecule has 6 heteroatoms. The molecule has 5 aliphatic rings. The van der Waals surface area contributed by atoms with Crippen molar-refractivity contribution < 1.29 is 4.79 Å². The van der Waals surface area contributed by atoms with Crippen LogP contribution in [0.15, 0.2) is 35.5 Å². The summed E-state index contributed by atoms with van der Waals surface area (Å²) in [4.78, 5) is 17.6. The minimum absolute atomic E-state index is 0.0857. The number of amides is 1. The number of para-hydroxylation sites is 1. The highest BCUT2D eigenvalue weighted by atomic mass is 32.2. The molecule has 7 rings (SSSR count). The summed E-state index contributed by atoms with van der Waals surface area (Å²) in [5, 5.41) is 8.91. The molecule has 0 spiro atoms. The van der Waals surface area contributed by atoms with E-state index in [4.69, 9.17) is 10.1 Å². The van der Waals surface area contributed by atoms with Crippen molar-refractivity contribution in [1.29, 1.82) is 0 Å². The van der Waals surface area contributed by atoms with Gasteiger partial charge in [0.15, 0.2) is 0 Å². The van der Waals surface area contributed by atoms with Gasteiger partial charge < -0.3 is 5.32 Å². The van der Waals surface area contributed by atoms with E-state index in [0.717, 1.165) is 34.4 Å². The van der Waals surface area contributed by atoms with Crippen molar-refractivity contribution in [2.24, 2.45) is 17.8 Å². The Bertz CT molecular complexity index is 885. The zero-order valence-electron chi connectivity index (χ0n) is 16.7. The molecule has 0 unspecified atom stereocenters. The zero-order chi connectivity index (χ0) is 19.4. The van der Waals surface area contributed by atoms with Gasteiger partial charge in [0.05, 0.1) is 11.4 Å². The summed E-state index contributed by atoms with van der Waals surface area (Å²) in [5.74, 6) is 4.65. The molecule has 5 aliphatic carbocycles. The number of benzene rings is 1. The van der Waals surface area contributed by atoms with Crippen LogP contribution in [0.3, 0.4) is 0 Å². The van der Waals surface area contributed by atoms with E-state index in [1.807, 2.05) is 22.9 Å². The van der Waals surface area contributed by atoms with E-state index in [2.05, 4.69) is 17.4 Å². The minimum Gasteiger partial charge on any atom is -0.350 e. The molecule has 0 atom stereocenters. The predicted octanol–water partition coefficient (Wildman–Crippen LogP) is 4.32. The van der Waals surface area contributed by atoms with Gasteiger partial charge in [-0.05, 0) is 81.3 Å². The van der Waals surface area contributed by atoms with Gasteiger partial charge >= 0.3 is 0 Å². The smallest absolute Gasteiger partial charge is 0.230 e. The lowest BCUT2D eigenvalue weighted by atomic mass is 9.53. The topological polar surface area (TPSA) is 59.8 Å². The van der Waals surface area contributed by atoms with Gasteiger partial charge in [-0.1, -0.05) is 30.0 Å². The first-order valence-corrected chi connectivity index (χ1v) is 12.1. The molecule has 1 heterocycles. The number of nitrogens with one attached hydrogen (secondary N) is 1. The maximum atomic E-state index is 12.8. The molecule has 0 saturated heterocycles. The Morgan fingerprint density at radius 3 is 2.34 bits per heavy atom. The van der Waals surface area contributed by atoms with Gasteiger partial charge in [-0.15, -0.1) is 5.10 Å². The third kappa shape index (κ3) is 3.49. The quantitative estimate of drug-likeness (QED) is 0.723. The van der Waals surface area contributed by atoms with Gasteiger partial charge in [-0.3, -0.25) is 4.79 Å². The van der Waals surface area contributed by atoms with Crippen molar-refractivity contribution in [2.75, 3.05) is 5.75 Å². The van der Waals surface area contributed by atoms with Gasteiger partial charge in [0, 0.05) is 11.5 Å². The van der Waals surface area contributed by atoms with Crippen LogP contribution >= 0.6 is 11.8 Å². The second-order valence-electron chi connectivity index (χ2n) is 9.81. The van der Waals surface area contributed by atoms with Crippen molar-refractivity contribution in [1.82, 2.24) is 20.1 Å². The van der Waals surface area contributed by atoms with Crippen LogP contribution in [0.2, 0.25) is 0 Å². The van der Waals surface area contributed by atoms with E-state index in [9.17, 15) is 4.79 Å². The fraction of sp³-hybridized carbons (Fsp3) is 0.609. The van der Waals surface area contributed by atoms with Crippen molar-refractivity contribution in [3.63, 3.8) is 0 Å². The van der Waals surface area contributed by atoms with Crippen LogP contribution in [-0.2, 0) is 4.79 Å². The van der Waals surface area contributed by atoms with Crippen LogP contribution in [0.5, 0.6) is 0 Å². The molecule has 1 aromatic heterocycles. The first-order valence-electron chi connectivity index (χ1n) is 11.1. The molecule has 29 heavy (non-hydrogen) atoms. The summed E-state index contributed by atoms with van der Waals surface area (Å²) in [6.07, 6.45) is 10.1. The second-order valence-corrected chi connectivity index (χ2v) is 10.8. The van der Waals surface area contributed by atoms with E-state index in [0.29, 0.717) is 11.7 Å². The lowest BCUT2D eigenvalue weighted by molar-refractivity contribution is -0.124. The Kier molecular flexibility index (Phi) is 4.26. The maximum Gasteiger partial charge on any atom is 0.230 e. The molecule has 2 aromatic rings. The molecule has 5 fully saturated rings. The number of hydrogen-bond donors (Lipinski definition) is 1. The molecule has 152 valence electrons. The first-order chi connectivity index (χ1) is 14.2. The number of thioether (sulfide) groups is 1. The third-order valence-electron chi connectivity index (χ3n) is 7.33. The molecule has 1 aromatic carbocycles. The number of hydrogen-bond acceptors (Lipinski definition) is 4. The lowest BCUT2D eigenvalue weighted by Crippen LogP contribution is -2.60. The van der Waals surface area contributed by atoms with Gasteiger partial charge in [0.25, 0.3) is 0 Å². The van der Waals surface area contributed by atoms with Crippen LogP contribution in [-0.4, -0.2) is 32.0 Å². The predicted molar refractivity (Wildman–Crippen MR) is 113 cm³/mol. The largest absolute Gasteiger partial charge is 0.350 e. The number of carbonyl (C=O) groups excluding carboxylic acids is 1. The summed E-state index contributed by atoms with van der Waals surface area (Å²) < 4.78 is 1.97. The van der Waals surface area contributed by atoms with Crippen molar-refractivity contribution in [2.45, 2.75) is 68.0 Å². The Hall–Kier alpha value is -1.82. The molecule has 4 bridgehead atoms. The summed E-state index contributed by atoms with van der Waals surface area (Å²) in [7, 11) is 0. The average Bonchev–Trinajstić information content (AvgIpc) is 3.45. The van der Waals surface area contributed by atoms with Crippen LogP contribution in [0.4, 0.5) is 0 Å². The first kappa shape index (κ1) is 18.0. The van der Waals surface area contributed by atoms with Crippen LogP contribution < -0.4 is 5.32 Å². The summed E-state index contributed by atoms with van der Waals surface area (Å²) >= 11 is 1.48. The van der Waals surface area contributed by atoms with E-state index in [-0.39, 0.29) is 11.4 Å². The van der Waals surface area contributed by atoms with Crippen LogP contribution in [0, 0.1) is 17.8 Å². The molecular formula is C23H28N4OS. The highest BCUT2D eigenvalue weighted by Gasteiger charge is 2.51. The summed E-state index contributed by atoms with van der Waals surface area (Å²) in [5.41, 5.74) is 1.13. The van der Waals surface area contributed by atoms with Gasteiger partial charge in [-0.25, -0.2) is 9.67 Å². The average molecular weight is 409 g/mol. The standard InChI is InChI=1S/C23H28N4OS/c28-20(25-23-11-15-8-16(12-23)10-17(9-15)13-23)14-29-22-24-21(18-6-7-18)27(26-22)19-4-2-1-3-5-19/h1-5,15-18H,6-14H2,(H,25,28). The second kappa shape index (κ2) is 6.86. The molecule has 0 radical (unpaired) electrons. The number of rotatable bonds is 6. The van der Waals surface area contributed by atoms with Crippen LogP contribution in [0.1, 0.15) is 63.1 Å². The summed E-state index contributed by atoms with van der Waals surface area (Å²) in [6.45, 7) is 0. The Labute approximate surface area is 176 Å². The number of carbonyl (C=O) groups is 1. The Morgan fingerprint density at radius 1 is 1.07 bits per heavy atom. The van der Waals surface area contributed by atoms with E-state index in [1.165, 1.54) is 63.1 Å². The maximum absolute atomic E-state index is 12.8. The van der Waals surface area contributed by atoms with Crippen molar-refractivity contribution >= 4 is 17.7 Å². The lowest BCUT2D eigenvalue weighted by Gasteiger charge is -2.56. The highest BCUT2D eigenvalue weighted by molar-refractivity contribution is 7.99. The van der Waals surface area contributed by atoms with Crippen molar-refractivity contribution in [3.05, 3.63) is 36.2 Å². The third-order valence-corrected chi connectivity index (χ3v) is 8.17. The highest BCUT2D eigenvalue weighted by Crippen LogP contribution is 2.55. The monoisotopic (exact) mass is 408 g/mol. The van der Waals surface area contributed by atoms with Gasteiger partial charge in [-0.2, -0.15) is 0 Å². The van der Waals surface area contributed by atoms with Gasteiger partial charge in [0.2, 0.25) is 11.1 Å². The molecular weight excluding hydrogens is 380 g/mol. The SMILES string of the molecule is O=C(CSc1nc(C2CC2)n(-c2ccccc2)n1)NC12CC3CC(CC(C3)C1)C2. The molecule has 1 N–H and O–H groups in total. The number of aromatic nitrogens is 3. The fourth-order valence-electron chi connectivity index (χ4n) is 6.46. The van der Waals surface area contributed by atoms with Crippen LogP contribution in [0.25, 0.3) is 5.69 Å². The van der Waals surface area contributed by atoms with E-state index >= 15 is 0 Å². The van der Waals surface area contributed by atoms with Gasteiger partial charge in [0.1, 0.15) is 5.82 Å². The van der Waals surface area contributed by atoms with Crippen molar-refractivity contribution in [3.8, 4) is 5.69 Å². The fourth-order valence-corrected chi connectivity index (χ4v) is 7.09. The Balaban J connectivity index is 1.13.